The normalized spacial score (nSPS) is 23.5. The van der Waals surface area contributed by atoms with Gasteiger partial charge in [0.25, 0.3) is 0 Å². The molecule has 2 aliphatic heterocycles. The summed E-state index contributed by atoms with van der Waals surface area (Å²) in [4.78, 5) is 17.6. The van der Waals surface area contributed by atoms with Crippen LogP contribution in [0.1, 0.15) is 88.3 Å². The second kappa shape index (κ2) is 14.3. The van der Waals surface area contributed by atoms with Crippen molar-refractivity contribution in [2.75, 3.05) is 11.9 Å². The van der Waals surface area contributed by atoms with E-state index in [1.165, 1.54) is 0 Å². The number of anilines is 1. The Labute approximate surface area is 319 Å². The van der Waals surface area contributed by atoms with Gasteiger partial charge in [0.05, 0.1) is 23.8 Å². The number of amides is 1. The number of likely N-dealkylation sites (tertiary alicyclic amines) is 1. The molecule has 1 spiro atoms. The predicted molar refractivity (Wildman–Crippen MR) is 213 cm³/mol. The maximum atomic E-state index is 16.8. The summed E-state index contributed by atoms with van der Waals surface area (Å²) in [6, 6.07) is 28.4. The zero-order chi connectivity index (χ0) is 37.8. The van der Waals surface area contributed by atoms with Crippen LogP contribution in [0.5, 0.6) is 0 Å². The van der Waals surface area contributed by atoms with Gasteiger partial charge in [0.15, 0.2) is 8.32 Å². The molecule has 1 amide bonds. The van der Waals surface area contributed by atoms with Gasteiger partial charge in [-0.3, -0.25) is 9.69 Å². The number of nitrogens with one attached hydrogen (secondary N) is 1. The quantitative estimate of drug-likeness (QED) is 0.167. The molecule has 2 aliphatic rings. The molecular weight excluding hydrogens is 710 g/mol. The van der Waals surface area contributed by atoms with Crippen molar-refractivity contribution in [2.24, 2.45) is 5.41 Å². The molecule has 0 bridgehead atoms. The molecule has 6 atom stereocenters. The van der Waals surface area contributed by atoms with E-state index in [0.717, 1.165) is 16.7 Å². The molecule has 1 saturated heterocycles. The maximum Gasteiger partial charge on any atom is 0.237 e. The maximum absolute atomic E-state index is 16.8. The second-order valence-corrected chi connectivity index (χ2v) is 22.9. The van der Waals surface area contributed by atoms with Crippen molar-refractivity contribution in [2.45, 2.75) is 102 Å². The molecule has 2 heterocycles. The lowest BCUT2D eigenvalue weighted by Gasteiger charge is -2.45. The van der Waals surface area contributed by atoms with Crippen LogP contribution < -0.4 is 5.32 Å². The Morgan fingerprint density at radius 1 is 0.904 bits per heavy atom. The van der Waals surface area contributed by atoms with Gasteiger partial charge in [-0.15, -0.1) is 0 Å². The number of aliphatic hydroxyl groups excluding tert-OH is 1. The van der Waals surface area contributed by atoms with E-state index in [2.05, 4.69) is 64.9 Å². The van der Waals surface area contributed by atoms with Crippen molar-refractivity contribution in [3.05, 3.63) is 135 Å². The third kappa shape index (κ3) is 6.89. The van der Waals surface area contributed by atoms with Crippen LogP contribution in [0.15, 0.2) is 97.1 Å². The van der Waals surface area contributed by atoms with Crippen molar-refractivity contribution in [1.29, 1.82) is 0 Å². The smallest absolute Gasteiger partial charge is 0.237 e. The standard InChI is InChI=1S/C43H51Cl2FN2O3Si/c1-41(2,3)25-35-43(31-23-22-29(44)24-33(31)47-40(43)50)36(30-20-15-21-32(45)37(30)46)34(26-51-52(7,8)42(4,5)6)48(35)38(27-16-11-9-12-17-27)39(49)28-18-13-10-14-19-28/h9-24,34-36,38-39,49H,25-26H2,1-8H3,(H,47,50)/t34-,35+,36-,38?,39-,43-/m0/s1. The predicted octanol–water partition coefficient (Wildman–Crippen LogP) is 11.1. The molecule has 0 saturated carbocycles. The molecule has 52 heavy (non-hydrogen) atoms. The summed E-state index contributed by atoms with van der Waals surface area (Å²) in [6.07, 6.45) is -0.460. The van der Waals surface area contributed by atoms with E-state index in [0.29, 0.717) is 22.7 Å². The van der Waals surface area contributed by atoms with E-state index < -0.39 is 49.7 Å². The second-order valence-electron chi connectivity index (χ2n) is 17.2. The summed E-state index contributed by atoms with van der Waals surface area (Å²) in [7, 11) is -2.41. The number of aliphatic hydroxyl groups is 1. The van der Waals surface area contributed by atoms with Crippen LogP contribution >= 0.6 is 23.2 Å². The van der Waals surface area contributed by atoms with Gasteiger partial charge < -0.3 is 14.8 Å². The largest absolute Gasteiger partial charge is 0.415 e. The highest BCUT2D eigenvalue weighted by molar-refractivity contribution is 6.74. The average Bonchev–Trinajstić information content (AvgIpc) is 3.51. The van der Waals surface area contributed by atoms with Gasteiger partial charge in [0.1, 0.15) is 11.2 Å². The molecule has 1 fully saturated rings. The number of carbonyl (C=O) groups is 1. The molecule has 6 rings (SSSR count). The Balaban J connectivity index is 1.73. The Hall–Kier alpha value is -3.04. The third-order valence-corrected chi connectivity index (χ3v) is 16.7. The van der Waals surface area contributed by atoms with E-state index in [4.69, 9.17) is 27.6 Å². The van der Waals surface area contributed by atoms with Crippen molar-refractivity contribution >= 4 is 43.1 Å². The minimum Gasteiger partial charge on any atom is -0.415 e. The van der Waals surface area contributed by atoms with E-state index >= 15 is 9.18 Å². The van der Waals surface area contributed by atoms with Crippen molar-refractivity contribution < 1.29 is 18.7 Å². The number of benzene rings is 4. The zero-order valence-corrected chi connectivity index (χ0v) is 33.9. The summed E-state index contributed by atoms with van der Waals surface area (Å²) >= 11 is 13.2. The van der Waals surface area contributed by atoms with E-state index in [1.54, 1.807) is 30.3 Å². The van der Waals surface area contributed by atoms with E-state index in [-0.39, 0.29) is 28.0 Å². The molecule has 2 N–H and O–H groups in total. The average molecular weight is 762 g/mol. The van der Waals surface area contributed by atoms with Gasteiger partial charge >= 0.3 is 0 Å². The molecule has 4 aromatic carbocycles. The first-order valence-electron chi connectivity index (χ1n) is 18.1. The molecular formula is C43H51Cl2FN2O3Si. The fourth-order valence-corrected chi connectivity index (χ4v) is 9.64. The highest BCUT2D eigenvalue weighted by atomic mass is 35.5. The summed E-state index contributed by atoms with van der Waals surface area (Å²) < 4.78 is 24.0. The first-order chi connectivity index (χ1) is 24.4. The SMILES string of the molecule is CC(C)(C)C[C@H]1N(C(c2ccccc2)[C@@H](O)c2ccccc2)[C@@H](CO[Si](C)(C)C(C)(C)C)[C@H](c2cccc(Cl)c2F)[C@@]12C(=O)Nc1cc(Cl)ccc12. The van der Waals surface area contributed by atoms with Crippen LogP contribution in [0.25, 0.3) is 0 Å². The van der Waals surface area contributed by atoms with Gasteiger partial charge in [-0.05, 0) is 70.4 Å². The molecule has 4 aromatic rings. The monoisotopic (exact) mass is 760 g/mol. The molecule has 0 aliphatic carbocycles. The fraction of sp³-hybridized carbons (Fsp3) is 0.419. The first kappa shape index (κ1) is 38.7. The third-order valence-electron chi connectivity index (χ3n) is 11.6. The fourth-order valence-electron chi connectivity index (χ4n) is 8.27. The highest BCUT2D eigenvalue weighted by Gasteiger charge is 2.69. The number of carbonyl (C=O) groups excluding carboxylic acids is 1. The number of rotatable bonds is 9. The molecule has 1 unspecified atom stereocenters. The lowest BCUT2D eigenvalue weighted by atomic mass is 9.62. The van der Waals surface area contributed by atoms with Gasteiger partial charge in [-0.1, -0.05) is 144 Å². The Morgan fingerprint density at radius 3 is 2.12 bits per heavy atom. The van der Waals surface area contributed by atoms with Gasteiger partial charge in [0.2, 0.25) is 5.91 Å². The Kier molecular flexibility index (Phi) is 10.6. The molecule has 0 aromatic heterocycles. The zero-order valence-electron chi connectivity index (χ0n) is 31.4. The summed E-state index contributed by atoms with van der Waals surface area (Å²) in [5.41, 5.74) is 1.71. The van der Waals surface area contributed by atoms with Crippen LogP contribution in [0.3, 0.4) is 0 Å². The molecule has 5 nitrogen and oxygen atoms in total. The number of fused-ring (bicyclic) bond motifs is 2. The van der Waals surface area contributed by atoms with Crippen LogP contribution in [-0.4, -0.2) is 42.9 Å². The summed E-state index contributed by atoms with van der Waals surface area (Å²) in [5, 5.41) is 16.2. The van der Waals surface area contributed by atoms with Crippen molar-refractivity contribution in [1.82, 2.24) is 4.90 Å². The summed E-state index contributed by atoms with van der Waals surface area (Å²) in [6.45, 7) is 17.7. The number of hydrogen-bond donors (Lipinski definition) is 2. The topological polar surface area (TPSA) is 61.8 Å². The van der Waals surface area contributed by atoms with Gasteiger partial charge in [-0.25, -0.2) is 4.39 Å². The number of halogens is 3. The minimum absolute atomic E-state index is 0.0128. The molecule has 9 heteroatoms. The van der Waals surface area contributed by atoms with Crippen molar-refractivity contribution in [3.63, 3.8) is 0 Å². The summed E-state index contributed by atoms with van der Waals surface area (Å²) in [5.74, 6) is -1.55. The first-order valence-corrected chi connectivity index (χ1v) is 21.8. The molecule has 276 valence electrons. The Morgan fingerprint density at radius 2 is 1.52 bits per heavy atom. The molecule has 0 radical (unpaired) electrons. The van der Waals surface area contributed by atoms with Crippen LogP contribution in [0, 0.1) is 11.2 Å². The van der Waals surface area contributed by atoms with Gasteiger partial charge in [0, 0.05) is 28.7 Å². The van der Waals surface area contributed by atoms with Crippen LogP contribution in [0.4, 0.5) is 10.1 Å². The lowest BCUT2D eigenvalue weighted by molar-refractivity contribution is -0.123. The minimum atomic E-state index is -2.41. The van der Waals surface area contributed by atoms with Crippen molar-refractivity contribution in [3.8, 4) is 0 Å². The number of nitrogens with zero attached hydrogens (tertiary/aromatic N) is 1. The van der Waals surface area contributed by atoms with E-state index in [9.17, 15) is 5.11 Å². The number of hydrogen-bond acceptors (Lipinski definition) is 4. The van der Waals surface area contributed by atoms with Gasteiger partial charge in [-0.2, -0.15) is 0 Å². The van der Waals surface area contributed by atoms with Crippen LogP contribution in [0.2, 0.25) is 28.2 Å². The van der Waals surface area contributed by atoms with E-state index in [1.807, 2.05) is 66.7 Å². The highest BCUT2D eigenvalue weighted by Crippen LogP contribution is 2.63. The Bertz CT molecular complexity index is 1910. The van der Waals surface area contributed by atoms with Crippen LogP contribution in [-0.2, 0) is 14.6 Å². The lowest BCUT2D eigenvalue weighted by Crippen LogP contribution is -2.52.